The van der Waals surface area contributed by atoms with Crippen molar-refractivity contribution in [3.8, 4) is 23.4 Å². The monoisotopic (exact) mass is 366 g/mol. The molecule has 0 atom stereocenters. The quantitative estimate of drug-likeness (QED) is 0.363. The fourth-order valence-corrected chi connectivity index (χ4v) is 1.95. The zero-order valence-corrected chi connectivity index (χ0v) is 13.4. The summed E-state index contributed by atoms with van der Waals surface area (Å²) in [5.41, 5.74) is 1.10. The summed E-state index contributed by atoms with van der Waals surface area (Å²) in [5, 5.41) is 37.9. The van der Waals surface area contributed by atoms with Gasteiger partial charge in [0.1, 0.15) is 23.7 Å². The van der Waals surface area contributed by atoms with Gasteiger partial charge in [0.15, 0.2) is 11.5 Å². The van der Waals surface area contributed by atoms with Crippen LogP contribution in [-0.4, -0.2) is 44.9 Å². The Hall–Kier alpha value is -2.41. The molecule has 0 aliphatic heterocycles. The summed E-state index contributed by atoms with van der Waals surface area (Å²) >= 11 is 0. The molecule has 0 aliphatic rings. The molecule has 0 fully saturated rings. The maximum Gasteiger partial charge on any atom is 2.00 e. The maximum absolute atomic E-state index is 9.50. The van der Waals surface area contributed by atoms with Crippen molar-refractivity contribution < 1.29 is 45.8 Å². The molecular formula is C14H16N2NiO6+2. The van der Waals surface area contributed by atoms with Crippen LogP contribution in [0.4, 0.5) is 0 Å². The molecule has 2 aromatic heterocycles. The van der Waals surface area contributed by atoms with Gasteiger partial charge in [-0.05, 0) is 13.8 Å². The Labute approximate surface area is 141 Å². The van der Waals surface area contributed by atoms with Crippen LogP contribution in [0, 0.1) is 0 Å². The molecule has 0 unspecified atom stereocenters. The Morgan fingerprint density at radius 2 is 1.17 bits per heavy atom. The van der Waals surface area contributed by atoms with Gasteiger partial charge in [0.05, 0.1) is 24.5 Å². The zero-order valence-electron chi connectivity index (χ0n) is 12.4. The third-order valence-corrected chi connectivity index (χ3v) is 3.03. The SMILES string of the molecule is CC(=NCCN=C(C)c1c(O)coc1O)c1c(O)coc1O.[Ni+2]. The zero-order chi connectivity index (χ0) is 16.3. The van der Waals surface area contributed by atoms with E-state index >= 15 is 0 Å². The van der Waals surface area contributed by atoms with E-state index in [1.165, 1.54) is 0 Å². The summed E-state index contributed by atoms with van der Waals surface area (Å²) in [7, 11) is 0. The van der Waals surface area contributed by atoms with E-state index in [9.17, 15) is 20.4 Å². The molecule has 0 saturated heterocycles. The molecule has 2 aromatic rings. The Bertz CT molecular complexity index is 630. The molecule has 126 valence electrons. The van der Waals surface area contributed by atoms with Gasteiger partial charge in [0, 0.05) is 0 Å². The van der Waals surface area contributed by atoms with Gasteiger partial charge in [-0.1, -0.05) is 0 Å². The van der Waals surface area contributed by atoms with Crippen molar-refractivity contribution in [2.45, 2.75) is 13.8 Å². The van der Waals surface area contributed by atoms with Gasteiger partial charge in [0.2, 0.25) is 0 Å². The van der Waals surface area contributed by atoms with Crippen molar-refractivity contribution in [3.05, 3.63) is 23.7 Å². The molecular weight excluding hydrogens is 351 g/mol. The third-order valence-electron chi connectivity index (χ3n) is 3.03. The minimum absolute atomic E-state index is 0. The van der Waals surface area contributed by atoms with Crippen molar-refractivity contribution in [3.63, 3.8) is 0 Å². The number of aliphatic imine (C=N–C) groups is 2. The van der Waals surface area contributed by atoms with Crippen LogP contribution >= 0.6 is 0 Å². The smallest absolute Gasteiger partial charge is 0.504 e. The molecule has 2 heterocycles. The Balaban J connectivity index is 0.00000264. The fraction of sp³-hybridized carbons (Fsp3) is 0.286. The predicted octanol–water partition coefficient (Wildman–Crippen LogP) is 2.01. The Morgan fingerprint density at radius 3 is 1.43 bits per heavy atom. The third kappa shape index (κ3) is 4.07. The Kier molecular flexibility index (Phi) is 6.27. The molecule has 8 nitrogen and oxygen atoms in total. The van der Waals surface area contributed by atoms with Crippen LogP contribution in [0.25, 0.3) is 0 Å². The van der Waals surface area contributed by atoms with E-state index in [-0.39, 0.29) is 52.2 Å². The summed E-state index contributed by atoms with van der Waals surface area (Å²) in [4.78, 5) is 8.34. The summed E-state index contributed by atoms with van der Waals surface area (Å²) < 4.78 is 9.33. The normalized spacial score (nSPS) is 12.3. The van der Waals surface area contributed by atoms with Crippen LogP contribution < -0.4 is 0 Å². The number of nitrogens with zero attached hydrogens (tertiary/aromatic N) is 2. The summed E-state index contributed by atoms with van der Waals surface area (Å²) in [5.74, 6) is -1.17. The van der Waals surface area contributed by atoms with Gasteiger partial charge >= 0.3 is 16.5 Å². The largest absolute Gasteiger partial charge is 2.00 e. The first-order valence-electron chi connectivity index (χ1n) is 6.43. The van der Waals surface area contributed by atoms with E-state index in [0.717, 1.165) is 12.5 Å². The van der Waals surface area contributed by atoms with Gasteiger partial charge in [-0.3, -0.25) is 9.98 Å². The molecule has 23 heavy (non-hydrogen) atoms. The average molecular weight is 367 g/mol. The van der Waals surface area contributed by atoms with Gasteiger partial charge in [-0.25, -0.2) is 0 Å². The molecule has 4 N–H and O–H groups in total. The second-order valence-electron chi connectivity index (χ2n) is 4.54. The molecule has 0 bridgehead atoms. The van der Waals surface area contributed by atoms with Crippen LogP contribution in [0.1, 0.15) is 25.0 Å². The molecule has 9 heteroatoms. The summed E-state index contributed by atoms with van der Waals surface area (Å²) in [6.45, 7) is 3.81. The summed E-state index contributed by atoms with van der Waals surface area (Å²) in [6.07, 6.45) is 2.05. The van der Waals surface area contributed by atoms with Crippen molar-refractivity contribution in [2.75, 3.05) is 13.1 Å². The van der Waals surface area contributed by atoms with Gasteiger partial charge in [-0.15, -0.1) is 0 Å². The van der Waals surface area contributed by atoms with Crippen LogP contribution in [0.3, 0.4) is 0 Å². The number of rotatable bonds is 5. The maximum atomic E-state index is 9.50. The van der Waals surface area contributed by atoms with Crippen LogP contribution in [-0.2, 0) is 16.5 Å². The molecule has 0 amide bonds. The van der Waals surface area contributed by atoms with Crippen LogP contribution in [0.15, 0.2) is 31.3 Å². The van der Waals surface area contributed by atoms with Crippen LogP contribution in [0.5, 0.6) is 23.4 Å². The fourth-order valence-electron chi connectivity index (χ4n) is 1.95. The molecule has 0 saturated carbocycles. The van der Waals surface area contributed by atoms with E-state index in [1.807, 2.05) is 0 Å². The van der Waals surface area contributed by atoms with Crippen molar-refractivity contribution in [2.24, 2.45) is 9.98 Å². The summed E-state index contributed by atoms with van der Waals surface area (Å²) in [6, 6.07) is 0. The molecule has 0 spiro atoms. The van der Waals surface area contributed by atoms with Crippen LogP contribution in [0.2, 0.25) is 0 Å². The number of hydrogen-bond acceptors (Lipinski definition) is 8. The van der Waals surface area contributed by atoms with E-state index in [2.05, 4.69) is 18.8 Å². The Morgan fingerprint density at radius 1 is 0.826 bits per heavy atom. The molecule has 2 rings (SSSR count). The van der Waals surface area contributed by atoms with E-state index in [4.69, 9.17) is 0 Å². The molecule has 0 radical (unpaired) electrons. The van der Waals surface area contributed by atoms with Gasteiger partial charge < -0.3 is 29.3 Å². The standard InChI is InChI=1S/C14H16N2O6.Ni/c1-7(11-9(17)5-21-13(11)19)15-3-4-16-8(2)12-10(18)6-22-14(12)20;/h5-6,17-20H,3-4H2,1-2H3;/q;+2. The average Bonchev–Trinajstić information content (AvgIpc) is 2.97. The van der Waals surface area contributed by atoms with Gasteiger partial charge in [0.25, 0.3) is 11.9 Å². The topological polar surface area (TPSA) is 132 Å². The van der Waals surface area contributed by atoms with Crippen molar-refractivity contribution in [1.29, 1.82) is 0 Å². The second kappa shape index (κ2) is 7.73. The number of furan rings is 2. The predicted molar refractivity (Wildman–Crippen MR) is 78.2 cm³/mol. The first-order chi connectivity index (χ1) is 10.4. The molecule has 0 aromatic carbocycles. The van der Waals surface area contributed by atoms with Gasteiger partial charge in [-0.2, -0.15) is 0 Å². The second-order valence-corrected chi connectivity index (χ2v) is 4.54. The van der Waals surface area contributed by atoms with E-state index in [1.54, 1.807) is 13.8 Å². The van der Waals surface area contributed by atoms with Crippen molar-refractivity contribution in [1.82, 2.24) is 0 Å². The number of hydrogen-bond donors (Lipinski definition) is 4. The minimum atomic E-state index is -0.397. The van der Waals surface area contributed by atoms with E-state index < -0.39 is 11.9 Å². The number of aromatic hydroxyl groups is 4. The first kappa shape index (κ1) is 18.6. The first-order valence-corrected chi connectivity index (χ1v) is 6.43. The molecule has 0 aliphatic carbocycles. The van der Waals surface area contributed by atoms with Crippen molar-refractivity contribution >= 4 is 11.4 Å². The minimum Gasteiger partial charge on any atom is -0.504 e. The van der Waals surface area contributed by atoms with E-state index in [0.29, 0.717) is 11.4 Å².